The number of allylic oxidation sites excluding steroid dienone is 3. The first kappa shape index (κ1) is 19.5. The van der Waals surface area contributed by atoms with Crippen molar-refractivity contribution in [2.45, 2.75) is 25.6 Å². The zero-order valence-electron chi connectivity index (χ0n) is 15.4. The van der Waals surface area contributed by atoms with Gasteiger partial charge in [0.15, 0.2) is 23.1 Å². The molecule has 2 aliphatic heterocycles. The highest BCUT2D eigenvalue weighted by Gasteiger charge is 2.25. The van der Waals surface area contributed by atoms with Gasteiger partial charge in [0.1, 0.15) is 17.0 Å². The van der Waals surface area contributed by atoms with E-state index in [2.05, 4.69) is 25.9 Å². The van der Waals surface area contributed by atoms with Crippen molar-refractivity contribution in [1.29, 1.82) is 0 Å². The van der Waals surface area contributed by atoms with Crippen LogP contribution in [0.1, 0.15) is 22.7 Å². The van der Waals surface area contributed by atoms with Crippen molar-refractivity contribution in [1.82, 2.24) is 19.4 Å². The maximum atomic E-state index is 14.0. The molecule has 0 aliphatic carbocycles. The number of hydrogen-bond donors (Lipinski definition) is 0. The second kappa shape index (κ2) is 7.90. The summed E-state index contributed by atoms with van der Waals surface area (Å²) >= 11 is 3.07. The molecule has 0 radical (unpaired) electrons. The molecule has 1 atom stereocenters. The molecule has 0 spiro atoms. The van der Waals surface area contributed by atoms with Crippen molar-refractivity contribution in [2.24, 2.45) is 0 Å². The predicted octanol–water partition coefficient (Wildman–Crippen LogP) is 2.63. The van der Waals surface area contributed by atoms with Gasteiger partial charge in [-0.15, -0.1) is 0 Å². The molecule has 2 aliphatic rings. The van der Waals surface area contributed by atoms with Crippen molar-refractivity contribution >= 4 is 39.0 Å². The van der Waals surface area contributed by atoms with E-state index in [-0.39, 0.29) is 28.5 Å². The van der Waals surface area contributed by atoms with Crippen LogP contribution in [0.5, 0.6) is 0 Å². The van der Waals surface area contributed by atoms with Gasteiger partial charge in [-0.3, -0.25) is 0 Å². The third-order valence-corrected chi connectivity index (χ3v) is 5.34. The predicted molar refractivity (Wildman–Crippen MR) is 104 cm³/mol. The van der Waals surface area contributed by atoms with Gasteiger partial charge in [-0.2, -0.15) is 0 Å². The van der Waals surface area contributed by atoms with Crippen LogP contribution in [0.2, 0.25) is 0 Å². The van der Waals surface area contributed by atoms with E-state index in [1.807, 2.05) is 10.5 Å². The Morgan fingerprint density at radius 1 is 1.45 bits per heavy atom. The number of halogens is 2. The van der Waals surface area contributed by atoms with Crippen LogP contribution >= 0.6 is 15.9 Å². The fraction of sp³-hybridized carbons (Fsp3) is 0.316. The van der Waals surface area contributed by atoms with E-state index in [1.54, 1.807) is 6.07 Å². The SMILES string of the molecule is COC(=O)c1ccc2nc(CN3C=C(F)C(Br)=CC3=C=O)n(C[C@@H]3CCO3)c2n1. The molecule has 0 amide bonds. The molecule has 2 aromatic heterocycles. The molecule has 1 saturated heterocycles. The molecule has 0 saturated carbocycles. The van der Waals surface area contributed by atoms with E-state index < -0.39 is 11.8 Å². The summed E-state index contributed by atoms with van der Waals surface area (Å²) in [7, 11) is 1.29. The lowest BCUT2D eigenvalue weighted by Gasteiger charge is -2.28. The standard InChI is InChI=1S/C19H16BrFN4O4/c1-28-19(27)16-3-2-15-18(23-16)25(7-12-4-5-29-12)17(22-15)9-24-8-14(21)13(20)6-11(24)10-26/h2-3,6,8,12H,4-5,7,9H2,1H3/t12-/m0/s1. The number of aromatic nitrogens is 3. The molecule has 1 fully saturated rings. The van der Waals surface area contributed by atoms with E-state index in [0.29, 0.717) is 30.1 Å². The third kappa shape index (κ3) is 3.74. The van der Waals surface area contributed by atoms with Crippen molar-refractivity contribution in [2.75, 3.05) is 13.7 Å². The summed E-state index contributed by atoms with van der Waals surface area (Å²) < 4.78 is 26.3. The molecule has 0 bridgehead atoms. The van der Waals surface area contributed by atoms with Crippen LogP contribution < -0.4 is 0 Å². The number of hydrogen-bond acceptors (Lipinski definition) is 7. The Morgan fingerprint density at radius 3 is 2.90 bits per heavy atom. The van der Waals surface area contributed by atoms with E-state index in [0.717, 1.165) is 6.42 Å². The average molecular weight is 463 g/mol. The van der Waals surface area contributed by atoms with Gasteiger partial charge in [-0.25, -0.2) is 23.9 Å². The molecule has 4 rings (SSSR count). The minimum absolute atomic E-state index is 0.00140. The van der Waals surface area contributed by atoms with Crippen molar-refractivity contribution in [3.8, 4) is 0 Å². The van der Waals surface area contributed by atoms with Crippen LogP contribution in [-0.2, 0) is 27.4 Å². The number of carbonyl (C=O) groups excluding carboxylic acids is 2. The van der Waals surface area contributed by atoms with Gasteiger partial charge in [0.05, 0.1) is 30.8 Å². The number of rotatable bonds is 5. The molecule has 8 nitrogen and oxygen atoms in total. The van der Waals surface area contributed by atoms with Crippen LogP contribution in [0.25, 0.3) is 11.2 Å². The second-order valence-corrected chi connectivity index (χ2v) is 7.39. The minimum atomic E-state index is -0.553. The summed E-state index contributed by atoms with van der Waals surface area (Å²) in [6.07, 6.45) is 3.46. The van der Waals surface area contributed by atoms with Crippen molar-refractivity contribution in [3.63, 3.8) is 0 Å². The quantitative estimate of drug-likeness (QED) is 0.498. The zero-order chi connectivity index (χ0) is 20.5. The average Bonchev–Trinajstić information content (AvgIpc) is 3.02. The molecular formula is C19H16BrFN4O4. The molecule has 150 valence electrons. The molecule has 0 aromatic carbocycles. The van der Waals surface area contributed by atoms with Crippen molar-refractivity contribution in [3.05, 3.63) is 51.9 Å². The summed E-state index contributed by atoms with van der Waals surface area (Å²) in [6.45, 7) is 1.28. The Morgan fingerprint density at radius 2 is 2.24 bits per heavy atom. The summed E-state index contributed by atoms with van der Waals surface area (Å²) in [5, 5.41) is 0. The lowest BCUT2D eigenvalue weighted by Crippen LogP contribution is -2.32. The van der Waals surface area contributed by atoms with Crippen molar-refractivity contribution < 1.29 is 23.5 Å². The topological polar surface area (TPSA) is 86.6 Å². The summed E-state index contributed by atoms with van der Waals surface area (Å²) in [5.41, 5.74) is 1.39. The highest BCUT2D eigenvalue weighted by molar-refractivity contribution is 9.12. The third-order valence-electron chi connectivity index (χ3n) is 4.73. The van der Waals surface area contributed by atoms with Crippen LogP contribution in [-0.4, -0.2) is 51.2 Å². The second-order valence-electron chi connectivity index (χ2n) is 6.54. The number of ether oxygens (including phenoxy) is 2. The number of esters is 1. The van der Waals surface area contributed by atoms with Gasteiger partial charge in [-0.1, -0.05) is 0 Å². The molecule has 29 heavy (non-hydrogen) atoms. The van der Waals surface area contributed by atoms with E-state index in [1.165, 1.54) is 30.4 Å². The van der Waals surface area contributed by atoms with Gasteiger partial charge in [0, 0.05) is 12.8 Å². The molecule has 0 unspecified atom stereocenters. The number of methoxy groups -OCH3 is 1. The van der Waals surface area contributed by atoms with Gasteiger partial charge < -0.3 is 18.9 Å². The Kier molecular flexibility index (Phi) is 5.31. The molecular weight excluding hydrogens is 447 g/mol. The minimum Gasteiger partial charge on any atom is -0.464 e. The Hall–Kier alpha value is -2.81. The monoisotopic (exact) mass is 462 g/mol. The lowest BCUT2D eigenvalue weighted by atomic mass is 10.2. The summed E-state index contributed by atoms with van der Waals surface area (Å²) in [5.74, 6) is 1.29. The number of carbonyl (C=O) groups is 1. The van der Waals surface area contributed by atoms with Crippen LogP contribution in [0.3, 0.4) is 0 Å². The van der Waals surface area contributed by atoms with E-state index in [4.69, 9.17) is 9.47 Å². The largest absolute Gasteiger partial charge is 0.464 e. The Labute approximate surface area is 173 Å². The number of nitrogens with zero attached hydrogens (tertiary/aromatic N) is 4. The zero-order valence-corrected chi connectivity index (χ0v) is 17.0. The number of fused-ring (bicyclic) bond motifs is 1. The van der Waals surface area contributed by atoms with Gasteiger partial charge in [-0.05, 0) is 40.6 Å². The van der Waals surface area contributed by atoms with Crippen LogP contribution in [0, 0.1) is 0 Å². The fourth-order valence-electron chi connectivity index (χ4n) is 3.12. The first-order valence-electron chi connectivity index (χ1n) is 8.83. The maximum absolute atomic E-state index is 14.0. The highest BCUT2D eigenvalue weighted by Crippen LogP contribution is 2.29. The summed E-state index contributed by atoms with van der Waals surface area (Å²) in [6, 6.07) is 3.21. The molecule has 0 N–H and O–H groups in total. The first-order chi connectivity index (χ1) is 14.0. The Balaban J connectivity index is 1.75. The smallest absolute Gasteiger partial charge is 0.356 e. The summed E-state index contributed by atoms with van der Waals surface area (Å²) in [4.78, 5) is 33.6. The molecule has 4 heterocycles. The highest BCUT2D eigenvalue weighted by atomic mass is 79.9. The molecule has 10 heteroatoms. The molecule has 2 aromatic rings. The van der Waals surface area contributed by atoms with Crippen LogP contribution in [0.15, 0.2) is 40.4 Å². The maximum Gasteiger partial charge on any atom is 0.356 e. The van der Waals surface area contributed by atoms with Gasteiger partial charge >= 0.3 is 5.97 Å². The van der Waals surface area contributed by atoms with Gasteiger partial charge in [0.2, 0.25) is 0 Å². The fourth-order valence-corrected chi connectivity index (χ4v) is 3.44. The van der Waals surface area contributed by atoms with Gasteiger partial charge in [0.25, 0.3) is 0 Å². The number of imidazole rings is 1. The Bertz CT molecular complexity index is 1100. The normalized spacial score (nSPS) is 18.8. The van der Waals surface area contributed by atoms with E-state index >= 15 is 0 Å². The lowest BCUT2D eigenvalue weighted by molar-refractivity contribution is -0.0591. The van der Waals surface area contributed by atoms with Crippen LogP contribution in [0.4, 0.5) is 4.39 Å². The number of pyridine rings is 1. The first-order valence-corrected chi connectivity index (χ1v) is 9.62. The van der Waals surface area contributed by atoms with E-state index in [9.17, 15) is 14.0 Å².